The van der Waals surface area contributed by atoms with Crippen LogP contribution in [0, 0.1) is 11.3 Å². The van der Waals surface area contributed by atoms with Crippen molar-refractivity contribution < 1.29 is 9.53 Å². The van der Waals surface area contributed by atoms with E-state index in [2.05, 4.69) is 6.07 Å². The van der Waals surface area contributed by atoms with Crippen LogP contribution < -0.4 is 0 Å². The van der Waals surface area contributed by atoms with Crippen LogP contribution in [-0.4, -0.2) is 17.2 Å². The molecule has 5 heteroatoms. The van der Waals surface area contributed by atoms with Gasteiger partial charge in [-0.3, -0.25) is 0 Å². The zero-order valence-electron chi connectivity index (χ0n) is 12.8. The maximum absolute atomic E-state index is 12.2. The number of rotatable bonds is 7. The molecular weight excluding hydrogens is 326 g/mol. The Hall–Kier alpha value is -1.90. The number of methoxy groups -OCH3 is 1. The number of carbonyl (C=O) groups excluding carboxylic acids is 1. The van der Waals surface area contributed by atoms with Crippen molar-refractivity contribution in [2.24, 2.45) is 0 Å². The van der Waals surface area contributed by atoms with E-state index in [1.807, 2.05) is 60.7 Å². The number of thioether (sulfide) groups is 2. The van der Waals surface area contributed by atoms with E-state index in [0.717, 1.165) is 11.1 Å². The van der Waals surface area contributed by atoms with Gasteiger partial charge < -0.3 is 4.74 Å². The van der Waals surface area contributed by atoms with Crippen LogP contribution in [0.15, 0.2) is 60.7 Å². The molecule has 3 nitrogen and oxygen atoms in total. The fourth-order valence-corrected chi connectivity index (χ4v) is 4.27. The monoisotopic (exact) mass is 343 g/mol. The molecule has 0 aromatic heterocycles. The van der Waals surface area contributed by atoms with Crippen LogP contribution >= 0.6 is 23.5 Å². The lowest BCUT2D eigenvalue weighted by Gasteiger charge is -2.22. The number of carbonyl (C=O) groups is 1. The predicted octanol–water partition coefficient (Wildman–Crippen LogP) is 4.25. The highest BCUT2D eigenvalue weighted by Gasteiger charge is 2.41. The fourth-order valence-electron chi connectivity index (χ4n) is 1.92. The first-order chi connectivity index (χ1) is 11.2. The van der Waals surface area contributed by atoms with Gasteiger partial charge in [-0.25, -0.2) is 4.79 Å². The molecular formula is C18H17NO2S2. The average Bonchev–Trinajstić information content (AvgIpc) is 2.63. The van der Waals surface area contributed by atoms with Gasteiger partial charge in [0, 0.05) is 11.5 Å². The third-order valence-corrected chi connectivity index (χ3v) is 6.16. The molecule has 0 N–H and O–H groups in total. The van der Waals surface area contributed by atoms with Crippen LogP contribution in [0.5, 0.6) is 0 Å². The van der Waals surface area contributed by atoms with Gasteiger partial charge in [0.1, 0.15) is 6.07 Å². The van der Waals surface area contributed by atoms with E-state index in [9.17, 15) is 10.1 Å². The molecule has 0 aliphatic carbocycles. The summed E-state index contributed by atoms with van der Waals surface area (Å²) in [5.74, 6) is 0.637. The molecule has 0 fully saturated rings. The highest BCUT2D eigenvalue weighted by molar-refractivity contribution is 8.19. The SMILES string of the molecule is COC(=O)C(C#N)(SCc1ccccc1)SCc1ccccc1. The molecule has 0 spiro atoms. The first-order valence-electron chi connectivity index (χ1n) is 7.05. The Labute approximate surface area is 145 Å². The molecule has 0 aliphatic rings. The molecule has 0 bridgehead atoms. The minimum absolute atomic E-state index is 0.512. The summed E-state index contributed by atoms with van der Waals surface area (Å²) in [6.07, 6.45) is 0. The van der Waals surface area contributed by atoms with Gasteiger partial charge in [0.2, 0.25) is 4.08 Å². The third-order valence-electron chi connectivity index (χ3n) is 3.17. The molecule has 0 amide bonds. The number of nitrogens with zero attached hydrogens (tertiary/aromatic N) is 1. The lowest BCUT2D eigenvalue weighted by Crippen LogP contribution is -2.31. The first kappa shape index (κ1) is 17.5. The zero-order chi connectivity index (χ0) is 16.5. The standard InChI is InChI=1S/C18H17NO2S2/c1-21-17(20)18(14-19,22-12-15-8-4-2-5-9-15)23-13-16-10-6-3-7-11-16/h2-11H,12-13H2,1H3. The Morgan fingerprint density at radius 2 is 1.43 bits per heavy atom. The summed E-state index contributed by atoms with van der Waals surface area (Å²) >= 11 is 2.60. The van der Waals surface area contributed by atoms with Crippen LogP contribution in [0.25, 0.3) is 0 Å². The van der Waals surface area contributed by atoms with E-state index in [1.54, 1.807) is 0 Å². The second-order valence-electron chi connectivity index (χ2n) is 4.77. The molecule has 23 heavy (non-hydrogen) atoms. The minimum Gasteiger partial charge on any atom is -0.467 e. The smallest absolute Gasteiger partial charge is 0.347 e. The van der Waals surface area contributed by atoms with Gasteiger partial charge in [-0.05, 0) is 11.1 Å². The van der Waals surface area contributed by atoms with Gasteiger partial charge in [-0.15, -0.1) is 23.5 Å². The molecule has 2 rings (SSSR count). The van der Waals surface area contributed by atoms with E-state index < -0.39 is 10.0 Å². The second kappa shape index (κ2) is 8.66. The van der Waals surface area contributed by atoms with E-state index in [1.165, 1.54) is 30.6 Å². The van der Waals surface area contributed by atoms with E-state index >= 15 is 0 Å². The average molecular weight is 343 g/mol. The topological polar surface area (TPSA) is 50.1 Å². The van der Waals surface area contributed by atoms with Crippen molar-refractivity contribution in [1.82, 2.24) is 0 Å². The molecule has 0 atom stereocenters. The summed E-state index contributed by atoms with van der Waals surface area (Å²) < 4.78 is 3.62. The van der Waals surface area contributed by atoms with Gasteiger partial charge in [0.05, 0.1) is 7.11 Å². The Bertz CT molecular complexity index is 625. The predicted molar refractivity (Wildman–Crippen MR) is 95.8 cm³/mol. The largest absolute Gasteiger partial charge is 0.467 e. The van der Waals surface area contributed by atoms with Gasteiger partial charge in [-0.2, -0.15) is 5.26 Å². The van der Waals surface area contributed by atoms with Crippen molar-refractivity contribution in [3.8, 4) is 6.07 Å². The summed E-state index contributed by atoms with van der Waals surface area (Å²) in [7, 11) is 1.32. The summed E-state index contributed by atoms with van der Waals surface area (Å²) in [5, 5.41) is 9.64. The van der Waals surface area contributed by atoms with Crippen LogP contribution in [0.3, 0.4) is 0 Å². The van der Waals surface area contributed by atoms with Crippen LogP contribution in [0.1, 0.15) is 11.1 Å². The highest BCUT2D eigenvalue weighted by Crippen LogP contribution is 2.41. The lowest BCUT2D eigenvalue weighted by molar-refractivity contribution is -0.139. The highest BCUT2D eigenvalue weighted by atomic mass is 32.2. The Kier molecular flexibility index (Phi) is 6.57. The van der Waals surface area contributed by atoms with Crippen molar-refractivity contribution in [1.29, 1.82) is 5.26 Å². The number of hydrogen-bond acceptors (Lipinski definition) is 5. The third kappa shape index (κ3) is 4.78. The summed E-state index contributed by atoms with van der Waals surface area (Å²) in [6, 6.07) is 21.7. The number of ether oxygens (including phenoxy) is 1. The van der Waals surface area contributed by atoms with Crippen molar-refractivity contribution in [2.45, 2.75) is 15.6 Å². The molecule has 0 saturated heterocycles. The van der Waals surface area contributed by atoms with Crippen molar-refractivity contribution >= 4 is 29.5 Å². The summed E-state index contributed by atoms with van der Waals surface area (Å²) in [4.78, 5) is 12.2. The molecule has 2 aromatic rings. The maximum Gasteiger partial charge on any atom is 0.347 e. The molecule has 0 unspecified atom stereocenters. The molecule has 0 radical (unpaired) electrons. The summed E-state index contributed by atoms with van der Waals surface area (Å²) in [5.41, 5.74) is 2.14. The molecule has 0 heterocycles. The normalized spacial score (nSPS) is 10.8. The van der Waals surface area contributed by atoms with E-state index in [0.29, 0.717) is 11.5 Å². The Morgan fingerprint density at radius 3 is 1.78 bits per heavy atom. The quantitative estimate of drug-likeness (QED) is 0.556. The number of benzene rings is 2. The number of esters is 1. The zero-order valence-corrected chi connectivity index (χ0v) is 14.4. The Balaban J connectivity index is 2.11. The Morgan fingerprint density at radius 1 is 1.00 bits per heavy atom. The van der Waals surface area contributed by atoms with Crippen LogP contribution in [0.2, 0.25) is 0 Å². The van der Waals surface area contributed by atoms with Crippen LogP contribution in [-0.2, 0) is 21.0 Å². The first-order valence-corrected chi connectivity index (χ1v) is 9.03. The maximum atomic E-state index is 12.2. The lowest BCUT2D eigenvalue weighted by atomic mass is 10.2. The van der Waals surface area contributed by atoms with E-state index in [-0.39, 0.29) is 0 Å². The molecule has 2 aromatic carbocycles. The molecule has 118 valence electrons. The van der Waals surface area contributed by atoms with Gasteiger partial charge in [-0.1, -0.05) is 60.7 Å². The molecule has 0 aliphatic heterocycles. The molecule has 0 saturated carbocycles. The summed E-state index contributed by atoms with van der Waals surface area (Å²) in [6.45, 7) is 0. The number of hydrogen-bond donors (Lipinski definition) is 0. The van der Waals surface area contributed by atoms with Gasteiger partial charge in [0.25, 0.3) is 0 Å². The van der Waals surface area contributed by atoms with Crippen LogP contribution in [0.4, 0.5) is 0 Å². The number of nitriles is 1. The second-order valence-corrected chi connectivity index (χ2v) is 7.41. The van der Waals surface area contributed by atoms with Gasteiger partial charge in [0.15, 0.2) is 0 Å². The van der Waals surface area contributed by atoms with Crippen molar-refractivity contribution in [3.63, 3.8) is 0 Å². The minimum atomic E-state index is -1.26. The van der Waals surface area contributed by atoms with Crippen molar-refractivity contribution in [3.05, 3.63) is 71.8 Å². The van der Waals surface area contributed by atoms with Crippen molar-refractivity contribution in [2.75, 3.05) is 7.11 Å². The van der Waals surface area contributed by atoms with Gasteiger partial charge >= 0.3 is 5.97 Å². The fraction of sp³-hybridized carbons (Fsp3) is 0.222. The van der Waals surface area contributed by atoms with E-state index in [4.69, 9.17) is 4.74 Å².